The number of aromatic nitrogens is 1. The summed E-state index contributed by atoms with van der Waals surface area (Å²) in [4.78, 5) is 4.12. The molecule has 1 nitrogen and oxygen atoms in total. The summed E-state index contributed by atoms with van der Waals surface area (Å²) in [5, 5.41) is 3.18. The first-order chi connectivity index (χ1) is 7.43. The second kappa shape index (κ2) is 3.48. The van der Waals surface area contributed by atoms with Crippen LogP contribution in [-0.4, -0.2) is 4.98 Å². The van der Waals surface area contributed by atoms with Gasteiger partial charge in [0.25, 0.3) is 0 Å². The molecule has 0 N–H and O–H groups in total. The molecule has 71 valence electrons. The van der Waals surface area contributed by atoms with Crippen LogP contribution in [-0.2, 0) is 0 Å². The lowest BCUT2D eigenvalue weighted by Gasteiger charge is -2.00. The highest BCUT2D eigenvalue weighted by Crippen LogP contribution is 2.26. The molecular formula is C13H8NS. The van der Waals surface area contributed by atoms with Crippen molar-refractivity contribution in [2.24, 2.45) is 0 Å². The van der Waals surface area contributed by atoms with Crippen molar-refractivity contribution < 1.29 is 0 Å². The number of benzene rings is 1. The molecule has 0 aliphatic carbocycles. The van der Waals surface area contributed by atoms with Crippen molar-refractivity contribution in [2.45, 2.75) is 0 Å². The van der Waals surface area contributed by atoms with Crippen molar-refractivity contribution in [1.29, 1.82) is 0 Å². The van der Waals surface area contributed by atoms with Gasteiger partial charge in [0.15, 0.2) is 0 Å². The highest BCUT2D eigenvalue weighted by atomic mass is 32.1. The van der Waals surface area contributed by atoms with E-state index < -0.39 is 0 Å². The Morgan fingerprint density at radius 1 is 1.13 bits per heavy atom. The van der Waals surface area contributed by atoms with Gasteiger partial charge in [0.2, 0.25) is 0 Å². The van der Waals surface area contributed by atoms with Crippen LogP contribution < -0.4 is 0 Å². The molecule has 3 rings (SSSR count). The molecule has 0 spiro atoms. The third-order valence-electron chi connectivity index (χ3n) is 2.37. The average molecular weight is 210 g/mol. The second-order valence-electron chi connectivity index (χ2n) is 3.33. The first kappa shape index (κ1) is 8.62. The van der Waals surface area contributed by atoms with Crippen molar-refractivity contribution in [3.8, 4) is 11.1 Å². The number of pyridine rings is 1. The molecule has 2 heterocycles. The third-order valence-corrected chi connectivity index (χ3v) is 3.22. The predicted molar refractivity (Wildman–Crippen MR) is 63.9 cm³/mol. The Bertz CT molecular complexity index is 584. The van der Waals surface area contributed by atoms with Gasteiger partial charge in [-0.3, -0.25) is 4.98 Å². The van der Waals surface area contributed by atoms with Crippen LogP contribution in [0.3, 0.4) is 0 Å². The zero-order valence-corrected chi connectivity index (χ0v) is 8.79. The number of hydrogen-bond acceptors (Lipinski definition) is 2. The van der Waals surface area contributed by atoms with Gasteiger partial charge >= 0.3 is 0 Å². The average Bonchev–Trinajstić information content (AvgIpc) is 2.77. The topological polar surface area (TPSA) is 12.9 Å². The van der Waals surface area contributed by atoms with E-state index in [0.29, 0.717) is 0 Å². The van der Waals surface area contributed by atoms with Crippen molar-refractivity contribution in [3.05, 3.63) is 54.2 Å². The second-order valence-corrected chi connectivity index (χ2v) is 4.24. The molecule has 0 atom stereocenters. The quantitative estimate of drug-likeness (QED) is 0.596. The van der Waals surface area contributed by atoms with Crippen molar-refractivity contribution in [3.63, 3.8) is 0 Å². The molecule has 2 aromatic heterocycles. The Morgan fingerprint density at radius 3 is 3.00 bits per heavy atom. The molecule has 0 saturated heterocycles. The summed E-state index contributed by atoms with van der Waals surface area (Å²) in [6, 6.07) is 13.7. The molecule has 0 bridgehead atoms. The van der Waals surface area contributed by atoms with Crippen LogP contribution in [0, 0.1) is 6.07 Å². The van der Waals surface area contributed by atoms with E-state index >= 15 is 0 Å². The molecule has 15 heavy (non-hydrogen) atoms. The SMILES string of the molecule is [c]1csc2ccc(-c3cccnc3)cc12. The van der Waals surface area contributed by atoms with Gasteiger partial charge in [-0.05, 0) is 29.1 Å². The van der Waals surface area contributed by atoms with Crippen molar-refractivity contribution >= 4 is 21.4 Å². The number of thiophene rings is 1. The standard InChI is InChI=1S/C13H8NS/c1-2-12(9-14-6-1)10-3-4-13-11(8-10)5-7-15-13/h1-4,6-9H. The highest BCUT2D eigenvalue weighted by molar-refractivity contribution is 7.17. The maximum atomic E-state index is 4.12. The molecule has 1 radical (unpaired) electrons. The molecule has 0 aliphatic heterocycles. The monoisotopic (exact) mass is 210 g/mol. The van der Waals surface area contributed by atoms with E-state index in [2.05, 4.69) is 35.3 Å². The smallest absolute Gasteiger partial charge is 0.0349 e. The van der Waals surface area contributed by atoms with Crippen molar-refractivity contribution in [1.82, 2.24) is 4.98 Å². The summed E-state index contributed by atoms with van der Waals surface area (Å²) in [7, 11) is 0. The van der Waals surface area contributed by atoms with Crippen LogP contribution in [0.1, 0.15) is 0 Å². The molecule has 1 aromatic carbocycles. The summed E-state index contributed by atoms with van der Waals surface area (Å²) in [6.45, 7) is 0. The van der Waals surface area contributed by atoms with Crippen LogP contribution in [0.4, 0.5) is 0 Å². The number of hydrogen-bond donors (Lipinski definition) is 0. The Morgan fingerprint density at radius 2 is 2.13 bits per heavy atom. The Hall–Kier alpha value is -1.67. The first-order valence-electron chi connectivity index (χ1n) is 4.73. The minimum Gasteiger partial charge on any atom is -0.264 e. The highest BCUT2D eigenvalue weighted by Gasteiger charge is 1.99. The Balaban J connectivity index is 2.19. The lowest BCUT2D eigenvalue weighted by molar-refractivity contribution is 1.33. The summed E-state index contributed by atoms with van der Waals surface area (Å²) >= 11 is 1.72. The third kappa shape index (κ3) is 1.53. The summed E-state index contributed by atoms with van der Waals surface area (Å²) in [6.07, 6.45) is 3.67. The lowest BCUT2D eigenvalue weighted by Crippen LogP contribution is -1.77. The lowest BCUT2D eigenvalue weighted by atomic mass is 10.1. The molecule has 0 unspecified atom stereocenters. The largest absolute Gasteiger partial charge is 0.264 e. The van der Waals surface area contributed by atoms with Gasteiger partial charge < -0.3 is 0 Å². The van der Waals surface area contributed by atoms with Gasteiger partial charge in [0.05, 0.1) is 0 Å². The first-order valence-corrected chi connectivity index (χ1v) is 5.61. The summed E-state index contributed by atoms with van der Waals surface area (Å²) in [5.74, 6) is 0. The number of fused-ring (bicyclic) bond motifs is 1. The Labute approximate surface area is 92.0 Å². The van der Waals surface area contributed by atoms with Gasteiger partial charge in [-0.2, -0.15) is 0 Å². The molecule has 0 amide bonds. The maximum Gasteiger partial charge on any atom is 0.0349 e. The van der Waals surface area contributed by atoms with E-state index in [0.717, 1.165) is 5.56 Å². The number of nitrogens with zero attached hydrogens (tertiary/aromatic N) is 1. The van der Waals surface area contributed by atoms with E-state index in [1.165, 1.54) is 15.6 Å². The fourth-order valence-electron chi connectivity index (χ4n) is 1.62. The van der Waals surface area contributed by atoms with Crippen molar-refractivity contribution in [2.75, 3.05) is 0 Å². The van der Waals surface area contributed by atoms with E-state index in [-0.39, 0.29) is 0 Å². The fourth-order valence-corrected chi connectivity index (χ4v) is 2.32. The molecule has 0 saturated carbocycles. The van der Waals surface area contributed by atoms with E-state index in [9.17, 15) is 0 Å². The minimum atomic E-state index is 1.15. The van der Waals surface area contributed by atoms with E-state index in [1.807, 2.05) is 17.6 Å². The predicted octanol–water partition coefficient (Wildman–Crippen LogP) is 3.76. The van der Waals surface area contributed by atoms with Gasteiger partial charge in [-0.25, -0.2) is 0 Å². The molecule has 2 heteroatoms. The van der Waals surface area contributed by atoms with E-state index in [1.54, 1.807) is 17.5 Å². The molecule has 0 aliphatic rings. The maximum absolute atomic E-state index is 4.12. The van der Waals surface area contributed by atoms with Crippen LogP contribution in [0.15, 0.2) is 48.1 Å². The van der Waals surface area contributed by atoms with Gasteiger partial charge in [0, 0.05) is 34.1 Å². The Kier molecular flexibility index (Phi) is 2.00. The van der Waals surface area contributed by atoms with E-state index in [4.69, 9.17) is 0 Å². The minimum absolute atomic E-state index is 1.15. The zero-order valence-electron chi connectivity index (χ0n) is 7.97. The molecule has 0 fully saturated rings. The normalized spacial score (nSPS) is 10.7. The fraction of sp³-hybridized carbons (Fsp3) is 0. The zero-order chi connectivity index (χ0) is 10.1. The van der Waals surface area contributed by atoms with Crippen LogP contribution in [0.25, 0.3) is 21.2 Å². The molecular weight excluding hydrogens is 202 g/mol. The van der Waals surface area contributed by atoms with Gasteiger partial charge in [-0.1, -0.05) is 12.1 Å². The summed E-state index contributed by atoms with van der Waals surface area (Å²) < 4.78 is 1.28. The number of rotatable bonds is 1. The van der Waals surface area contributed by atoms with Gasteiger partial charge in [0.1, 0.15) is 0 Å². The van der Waals surface area contributed by atoms with Gasteiger partial charge in [-0.15, -0.1) is 11.3 Å². The summed E-state index contributed by atoms with van der Waals surface area (Å²) in [5.41, 5.74) is 2.35. The van der Waals surface area contributed by atoms with Crippen LogP contribution in [0.5, 0.6) is 0 Å². The van der Waals surface area contributed by atoms with Crippen LogP contribution in [0.2, 0.25) is 0 Å². The molecule has 3 aromatic rings. The van der Waals surface area contributed by atoms with Crippen LogP contribution >= 0.6 is 11.3 Å².